The summed E-state index contributed by atoms with van der Waals surface area (Å²) in [5.41, 5.74) is -0.757. The third kappa shape index (κ3) is 4.98. The zero-order valence-electron chi connectivity index (χ0n) is 40.6. The Labute approximate surface area is 317 Å². The lowest BCUT2D eigenvalue weighted by Crippen LogP contribution is -2.00. The van der Waals surface area contributed by atoms with Gasteiger partial charge in [0.05, 0.1) is 20.6 Å². The monoisotopic (exact) mass is 688 g/mol. The second-order valence-corrected chi connectivity index (χ2v) is 13.3. The van der Waals surface area contributed by atoms with E-state index in [4.69, 9.17) is 31.4 Å². The first-order valence-corrected chi connectivity index (χ1v) is 17.0. The maximum atomic E-state index is 9.63. The molecule has 0 bridgehead atoms. The van der Waals surface area contributed by atoms with Gasteiger partial charge in [-0.3, -0.25) is 0 Å². The normalized spacial score (nSPS) is 15.8. The summed E-state index contributed by atoms with van der Waals surface area (Å²) in [7, 11) is 0. The van der Waals surface area contributed by atoms with Gasteiger partial charge in [-0.15, -0.1) is 22.7 Å². The highest BCUT2D eigenvalue weighted by Gasteiger charge is 2.16. The molecule has 7 aromatic carbocycles. The number of thiophene rings is 2. The van der Waals surface area contributed by atoms with Gasteiger partial charge in [-0.1, -0.05) is 133 Å². The molecular formula is C45H27N3S2. The fourth-order valence-electron chi connectivity index (χ4n) is 5.84. The Morgan fingerprint density at radius 3 is 1.92 bits per heavy atom. The largest absolute Gasteiger partial charge is 0.208 e. The predicted molar refractivity (Wildman–Crippen MR) is 213 cm³/mol. The molecule has 0 atom stereocenters. The molecule has 5 heteroatoms. The van der Waals surface area contributed by atoms with Crippen LogP contribution in [0.4, 0.5) is 0 Å². The number of benzene rings is 7. The number of rotatable bonds is 5. The maximum absolute atomic E-state index is 9.63. The molecule has 10 aromatic rings. The Hall–Kier alpha value is -6.01. The molecule has 0 saturated heterocycles. The van der Waals surface area contributed by atoms with Crippen LogP contribution in [0.1, 0.15) is 20.6 Å². The van der Waals surface area contributed by atoms with Crippen LogP contribution in [0.5, 0.6) is 0 Å². The summed E-state index contributed by atoms with van der Waals surface area (Å²) in [4.78, 5) is 14.4. The van der Waals surface area contributed by atoms with Crippen molar-refractivity contribution >= 4 is 63.0 Å². The Morgan fingerprint density at radius 1 is 0.400 bits per heavy atom. The van der Waals surface area contributed by atoms with Crippen LogP contribution >= 0.6 is 22.7 Å². The van der Waals surface area contributed by atoms with Crippen molar-refractivity contribution < 1.29 is 20.6 Å². The standard InChI is InChI=1S/C45H27N3S2/c1-3-10-28(11-4-1)29-18-20-30(21-19-29)34-15-9-16-37-36-24-22-33(27-41(36)50-42(34)37)45-47-43(31-12-5-2-6-13-31)46-44(48-45)32-23-25-40-38(26-32)35-14-7-8-17-39(35)49-40/h1-27H/i1D,3D,4D,9D,10D,11D,15D,16D,18D,19D,20D,21D,22D,24D,27D. The van der Waals surface area contributed by atoms with E-state index in [1.165, 1.54) is 0 Å². The number of fused-ring (bicyclic) bond motifs is 6. The van der Waals surface area contributed by atoms with Crippen molar-refractivity contribution in [3.8, 4) is 56.4 Å². The molecule has 0 amide bonds. The van der Waals surface area contributed by atoms with Gasteiger partial charge in [0, 0.05) is 57.0 Å². The van der Waals surface area contributed by atoms with Gasteiger partial charge >= 0.3 is 0 Å². The van der Waals surface area contributed by atoms with E-state index in [-0.39, 0.29) is 54.8 Å². The molecule has 0 saturated carbocycles. The van der Waals surface area contributed by atoms with Gasteiger partial charge in [-0.2, -0.15) is 0 Å². The topological polar surface area (TPSA) is 38.7 Å². The molecule has 0 unspecified atom stereocenters. The summed E-state index contributed by atoms with van der Waals surface area (Å²) in [6.45, 7) is 0. The van der Waals surface area contributed by atoms with E-state index in [0.29, 0.717) is 11.1 Å². The van der Waals surface area contributed by atoms with Gasteiger partial charge in [0.25, 0.3) is 0 Å². The minimum Gasteiger partial charge on any atom is -0.208 e. The van der Waals surface area contributed by atoms with E-state index in [9.17, 15) is 4.11 Å². The molecule has 0 N–H and O–H groups in total. The summed E-state index contributed by atoms with van der Waals surface area (Å²) in [6.07, 6.45) is 0. The SMILES string of the molecule is [2H]c1c([2H])c([2H])c(-c2c([2H])c([2H])c(-c3c([2H])c([2H])c([2H])c4c3sc3c([2H])c(-c5nc(-c6ccccc6)nc(-c6ccc7sc8ccccc8c7c6)n5)c([2H])c([2H])c34)c([2H])c2[2H])c([2H])c1[2H]. The van der Waals surface area contributed by atoms with Crippen molar-refractivity contribution in [3.63, 3.8) is 0 Å². The lowest BCUT2D eigenvalue weighted by molar-refractivity contribution is 1.08. The quantitative estimate of drug-likeness (QED) is 0.181. The van der Waals surface area contributed by atoms with E-state index in [0.717, 1.165) is 31.5 Å². The summed E-state index contributed by atoms with van der Waals surface area (Å²) < 4.78 is 135. The highest BCUT2D eigenvalue weighted by Crippen LogP contribution is 2.42. The van der Waals surface area contributed by atoms with E-state index < -0.39 is 101 Å². The molecular weight excluding hydrogens is 647 g/mol. The molecule has 0 aliphatic heterocycles. The molecule has 10 rings (SSSR count). The average Bonchev–Trinajstić information content (AvgIpc) is 3.90. The van der Waals surface area contributed by atoms with Gasteiger partial charge in [-0.05, 0) is 52.6 Å². The van der Waals surface area contributed by atoms with Crippen LogP contribution in [-0.2, 0) is 0 Å². The van der Waals surface area contributed by atoms with Crippen molar-refractivity contribution in [2.24, 2.45) is 0 Å². The second kappa shape index (κ2) is 11.8. The maximum Gasteiger partial charge on any atom is 0.164 e. The van der Waals surface area contributed by atoms with Crippen LogP contribution in [0.15, 0.2) is 163 Å². The molecule has 0 aliphatic carbocycles. The Bertz CT molecular complexity index is 3680. The van der Waals surface area contributed by atoms with Crippen molar-refractivity contribution in [3.05, 3.63) is 163 Å². The zero-order valence-corrected chi connectivity index (χ0v) is 27.2. The van der Waals surface area contributed by atoms with Gasteiger partial charge in [0.2, 0.25) is 0 Å². The van der Waals surface area contributed by atoms with Crippen molar-refractivity contribution in [1.29, 1.82) is 0 Å². The van der Waals surface area contributed by atoms with E-state index in [1.54, 1.807) is 11.3 Å². The van der Waals surface area contributed by atoms with Gasteiger partial charge in [-0.25, -0.2) is 15.0 Å². The van der Waals surface area contributed by atoms with Crippen molar-refractivity contribution in [2.75, 3.05) is 0 Å². The number of aromatic nitrogens is 3. The highest BCUT2D eigenvalue weighted by molar-refractivity contribution is 7.26. The first-order chi connectivity index (χ1) is 31.0. The van der Waals surface area contributed by atoms with Crippen LogP contribution in [-0.4, -0.2) is 15.0 Å². The summed E-state index contributed by atoms with van der Waals surface area (Å²) >= 11 is 2.47. The molecule has 50 heavy (non-hydrogen) atoms. The highest BCUT2D eigenvalue weighted by atomic mass is 32.1. The van der Waals surface area contributed by atoms with Crippen LogP contribution in [0.2, 0.25) is 0 Å². The number of hydrogen-bond acceptors (Lipinski definition) is 5. The van der Waals surface area contributed by atoms with Gasteiger partial charge in [0.1, 0.15) is 0 Å². The molecule has 3 heterocycles. The minimum atomic E-state index is -0.779. The van der Waals surface area contributed by atoms with Gasteiger partial charge < -0.3 is 0 Å². The first kappa shape index (κ1) is 17.6. The van der Waals surface area contributed by atoms with Crippen molar-refractivity contribution in [1.82, 2.24) is 15.0 Å². The molecule has 0 aliphatic rings. The lowest BCUT2D eigenvalue weighted by atomic mass is 9.99. The Kier molecular flexibility index (Phi) is 4.17. The number of hydrogen-bond donors (Lipinski definition) is 0. The van der Waals surface area contributed by atoms with E-state index in [2.05, 4.69) is 0 Å². The van der Waals surface area contributed by atoms with Crippen molar-refractivity contribution in [2.45, 2.75) is 0 Å². The summed E-state index contributed by atoms with van der Waals surface area (Å²) in [5.74, 6) is 0.409. The van der Waals surface area contributed by atoms with E-state index in [1.807, 2.05) is 72.8 Å². The molecule has 0 radical (unpaired) electrons. The van der Waals surface area contributed by atoms with E-state index >= 15 is 0 Å². The minimum absolute atomic E-state index is 0.0153. The fourth-order valence-corrected chi connectivity index (χ4v) is 8.05. The zero-order chi connectivity index (χ0) is 46.1. The van der Waals surface area contributed by atoms with Crippen LogP contribution in [0.3, 0.4) is 0 Å². The molecule has 234 valence electrons. The molecule has 0 spiro atoms. The third-order valence-corrected chi connectivity index (χ3v) is 10.5. The Morgan fingerprint density at radius 2 is 1.08 bits per heavy atom. The number of nitrogens with zero attached hydrogens (tertiary/aromatic N) is 3. The lowest BCUT2D eigenvalue weighted by Gasteiger charge is -2.09. The molecule has 3 nitrogen and oxygen atoms in total. The second-order valence-electron chi connectivity index (χ2n) is 11.2. The van der Waals surface area contributed by atoms with Crippen LogP contribution in [0, 0.1) is 0 Å². The predicted octanol–water partition coefficient (Wildman–Crippen LogP) is 12.9. The van der Waals surface area contributed by atoms with Crippen LogP contribution in [0.25, 0.3) is 96.8 Å². The van der Waals surface area contributed by atoms with Gasteiger partial charge in [0.15, 0.2) is 17.5 Å². The average molecular weight is 689 g/mol. The summed E-state index contributed by atoms with van der Waals surface area (Å²) in [6, 6.07) is 13.2. The molecule has 0 fully saturated rings. The molecule has 3 aromatic heterocycles. The Balaban J connectivity index is 1.23. The summed E-state index contributed by atoms with van der Waals surface area (Å²) in [5, 5.41) is 1.87. The first-order valence-electron chi connectivity index (χ1n) is 22.9. The fraction of sp³-hybridized carbons (Fsp3) is 0. The third-order valence-electron chi connectivity index (χ3n) is 8.21. The smallest absolute Gasteiger partial charge is 0.164 e. The van der Waals surface area contributed by atoms with Crippen LogP contribution < -0.4 is 0 Å².